The van der Waals surface area contributed by atoms with Crippen molar-refractivity contribution >= 4 is 5.82 Å². The average Bonchev–Trinajstić information content (AvgIpc) is 2.37. The molecule has 2 rings (SSSR count). The van der Waals surface area contributed by atoms with Crippen molar-refractivity contribution in [3.8, 4) is 0 Å². The summed E-state index contributed by atoms with van der Waals surface area (Å²) < 4.78 is 5.87. The number of hydrogen-bond donors (Lipinski definition) is 1. The molecule has 2 atom stereocenters. The van der Waals surface area contributed by atoms with Gasteiger partial charge in [0.05, 0.1) is 0 Å². The maximum atomic E-state index is 6.17. The van der Waals surface area contributed by atoms with Gasteiger partial charge in [0.25, 0.3) is 0 Å². The molecule has 0 amide bonds. The number of aryl methyl sites for hydroxylation is 1. The summed E-state index contributed by atoms with van der Waals surface area (Å²) in [6.45, 7) is 8.53. The number of nitrogen functional groups attached to an aromatic ring is 1. The standard InChI is InChI=1S/C16H27N3O/c1-10(2)13-12(4)18-15(19-14(13)17)16(20-5)8-6-7-11(3)9-16/h10-11H,6-9H2,1-5H3,(H2,17,18,19). The van der Waals surface area contributed by atoms with E-state index in [1.165, 1.54) is 6.42 Å². The fraction of sp³-hybridized carbons (Fsp3) is 0.750. The lowest BCUT2D eigenvalue weighted by Gasteiger charge is -2.38. The molecule has 2 unspecified atom stereocenters. The molecule has 4 nitrogen and oxygen atoms in total. The van der Waals surface area contributed by atoms with Crippen molar-refractivity contribution in [1.82, 2.24) is 9.97 Å². The Morgan fingerprint density at radius 1 is 1.35 bits per heavy atom. The van der Waals surface area contributed by atoms with Crippen molar-refractivity contribution in [3.05, 3.63) is 17.1 Å². The number of methoxy groups -OCH3 is 1. The summed E-state index contributed by atoms with van der Waals surface area (Å²) in [4.78, 5) is 9.34. The Balaban J connectivity index is 2.46. The zero-order valence-electron chi connectivity index (χ0n) is 13.4. The molecule has 0 saturated heterocycles. The first-order valence-corrected chi connectivity index (χ1v) is 7.59. The van der Waals surface area contributed by atoms with E-state index < -0.39 is 0 Å². The van der Waals surface area contributed by atoms with Crippen LogP contribution in [-0.2, 0) is 10.3 Å². The number of anilines is 1. The molecule has 1 heterocycles. The van der Waals surface area contributed by atoms with E-state index in [1.807, 2.05) is 6.92 Å². The van der Waals surface area contributed by atoms with Gasteiger partial charge < -0.3 is 10.5 Å². The first-order chi connectivity index (χ1) is 9.39. The molecule has 0 radical (unpaired) electrons. The van der Waals surface area contributed by atoms with Crippen LogP contribution in [0.1, 0.15) is 69.5 Å². The number of aromatic nitrogens is 2. The third-order valence-corrected chi connectivity index (χ3v) is 4.50. The van der Waals surface area contributed by atoms with Gasteiger partial charge in [0.2, 0.25) is 0 Å². The first kappa shape index (κ1) is 15.2. The van der Waals surface area contributed by atoms with Gasteiger partial charge in [-0.1, -0.05) is 27.2 Å². The lowest BCUT2D eigenvalue weighted by atomic mass is 9.78. The second-order valence-corrected chi connectivity index (χ2v) is 6.49. The monoisotopic (exact) mass is 277 g/mol. The van der Waals surface area contributed by atoms with Gasteiger partial charge in [-0.05, 0) is 38.0 Å². The van der Waals surface area contributed by atoms with E-state index in [1.54, 1.807) is 7.11 Å². The molecule has 1 aliphatic rings. The van der Waals surface area contributed by atoms with Crippen LogP contribution in [0.2, 0.25) is 0 Å². The summed E-state index contributed by atoms with van der Waals surface area (Å²) in [5.41, 5.74) is 7.86. The third-order valence-electron chi connectivity index (χ3n) is 4.50. The van der Waals surface area contributed by atoms with Crippen molar-refractivity contribution in [2.24, 2.45) is 5.92 Å². The van der Waals surface area contributed by atoms with Crippen molar-refractivity contribution in [3.63, 3.8) is 0 Å². The van der Waals surface area contributed by atoms with E-state index in [4.69, 9.17) is 15.5 Å². The Hall–Kier alpha value is -1.16. The van der Waals surface area contributed by atoms with Gasteiger partial charge in [-0.25, -0.2) is 9.97 Å². The highest BCUT2D eigenvalue weighted by atomic mass is 16.5. The highest BCUT2D eigenvalue weighted by Gasteiger charge is 2.40. The molecule has 20 heavy (non-hydrogen) atoms. The largest absolute Gasteiger partial charge is 0.383 e. The predicted octanol–water partition coefficient (Wildman–Crippen LogP) is 3.54. The average molecular weight is 277 g/mol. The third kappa shape index (κ3) is 2.66. The van der Waals surface area contributed by atoms with Crippen LogP contribution in [-0.4, -0.2) is 17.1 Å². The molecule has 2 N–H and O–H groups in total. The van der Waals surface area contributed by atoms with Crippen LogP contribution in [0.25, 0.3) is 0 Å². The number of nitrogens with two attached hydrogens (primary N) is 1. The summed E-state index contributed by atoms with van der Waals surface area (Å²) in [6.07, 6.45) is 4.37. The molecule has 0 aromatic carbocycles. The Kier molecular flexibility index (Phi) is 4.33. The van der Waals surface area contributed by atoms with E-state index >= 15 is 0 Å². The molecule has 112 valence electrons. The molecule has 0 aliphatic heterocycles. The van der Waals surface area contributed by atoms with Crippen LogP contribution < -0.4 is 5.73 Å². The minimum absolute atomic E-state index is 0.341. The van der Waals surface area contributed by atoms with Crippen LogP contribution in [0.3, 0.4) is 0 Å². The summed E-state index contributed by atoms with van der Waals surface area (Å²) in [6, 6.07) is 0. The summed E-state index contributed by atoms with van der Waals surface area (Å²) in [7, 11) is 1.77. The van der Waals surface area contributed by atoms with Gasteiger partial charge in [-0.2, -0.15) is 0 Å². The van der Waals surface area contributed by atoms with Gasteiger partial charge in [-0.3, -0.25) is 0 Å². The fourth-order valence-electron chi connectivity index (χ4n) is 3.50. The van der Waals surface area contributed by atoms with Crippen molar-refractivity contribution in [1.29, 1.82) is 0 Å². The Morgan fingerprint density at radius 3 is 2.55 bits per heavy atom. The second kappa shape index (κ2) is 5.68. The second-order valence-electron chi connectivity index (χ2n) is 6.49. The summed E-state index contributed by atoms with van der Waals surface area (Å²) in [5, 5.41) is 0. The number of ether oxygens (including phenoxy) is 1. The Labute approximate surface area is 122 Å². The summed E-state index contributed by atoms with van der Waals surface area (Å²) in [5.74, 6) is 2.36. The molecule has 1 aliphatic carbocycles. The van der Waals surface area contributed by atoms with E-state index in [9.17, 15) is 0 Å². The molecule has 0 bridgehead atoms. The normalized spacial score (nSPS) is 27.0. The lowest BCUT2D eigenvalue weighted by molar-refractivity contribution is -0.0646. The maximum absolute atomic E-state index is 6.17. The Morgan fingerprint density at radius 2 is 2.05 bits per heavy atom. The zero-order chi connectivity index (χ0) is 14.9. The van der Waals surface area contributed by atoms with Crippen LogP contribution in [0, 0.1) is 12.8 Å². The topological polar surface area (TPSA) is 61.0 Å². The predicted molar refractivity (Wildman–Crippen MR) is 81.6 cm³/mol. The van der Waals surface area contributed by atoms with Crippen LogP contribution in [0.5, 0.6) is 0 Å². The van der Waals surface area contributed by atoms with E-state index in [2.05, 4.69) is 25.8 Å². The fourth-order valence-corrected chi connectivity index (χ4v) is 3.50. The van der Waals surface area contributed by atoms with Crippen LogP contribution in [0.4, 0.5) is 5.82 Å². The number of hydrogen-bond acceptors (Lipinski definition) is 4. The SMILES string of the molecule is COC1(c2nc(C)c(C(C)C)c(N)n2)CCCC(C)C1. The van der Waals surface area contributed by atoms with E-state index in [0.717, 1.165) is 36.3 Å². The van der Waals surface area contributed by atoms with Gasteiger partial charge in [0.1, 0.15) is 11.4 Å². The van der Waals surface area contributed by atoms with Gasteiger partial charge in [-0.15, -0.1) is 0 Å². The van der Waals surface area contributed by atoms with Crippen LogP contribution in [0.15, 0.2) is 0 Å². The Bertz CT molecular complexity index is 464. The molecule has 1 aromatic heterocycles. The molecular weight excluding hydrogens is 250 g/mol. The number of nitrogens with zero attached hydrogens (tertiary/aromatic N) is 2. The van der Waals surface area contributed by atoms with Gasteiger partial charge in [0, 0.05) is 18.4 Å². The smallest absolute Gasteiger partial charge is 0.162 e. The summed E-state index contributed by atoms with van der Waals surface area (Å²) >= 11 is 0. The molecule has 1 fully saturated rings. The molecule has 4 heteroatoms. The lowest BCUT2D eigenvalue weighted by Crippen LogP contribution is -2.36. The van der Waals surface area contributed by atoms with Crippen LogP contribution >= 0.6 is 0 Å². The van der Waals surface area contributed by atoms with Crippen molar-refractivity contribution < 1.29 is 4.74 Å². The minimum Gasteiger partial charge on any atom is -0.383 e. The quantitative estimate of drug-likeness (QED) is 0.918. The van der Waals surface area contributed by atoms with Crippen molar-refractivity contribution in [2.75, 3.05) is 12.8 Å². The first-order valence-electron chi connectivity index (χ1n) is 7.59. The van der Waals surface area contributed by atoms with E-state index in [-0.39, 0.29) is 5.60 Å². The maximum Gasteiger partial charge on any atom is 0.162 e. The highest BCUT2D eigenvalue weighted by Crippen LogP contribution is 2.41. The van der Waals surface area contributed by atoms with Crippen molar-refractivity contribution in [2.45, 2.75) is 64.9 Å². The van der Waals surface area contributed by atoms with Gasteiger partial charge >= 0.3 is 0 Å². The van der Waals surface area contributed by atoms with E-state index in [0.29, 0.717) is 17.7 Å². The molecule has 1 aromatic rings. The minimum atomic E-state index is -0.355. The zero-order valence-corrected chi connectivity index (χ0v) is 13.4. The molecule has 0 spiro atoms. The molecule has 1 saturated carbocycles. The molecular formula is C16H27N3O. The number of rotatable bonds is 3. The highest BCUT2D eigenvalue weighted by molar-refractivity contribution is 5.44. The van der Waals surface area contributed by atoms with Gasteiger partial charge in [0.15, 0.2) is 5.82 Å².